The van der Waals surface area contributed by atoms with Crippen molar-refractivity contribution in [2.24, 2.45) is 23.2 Å². The molecule has 9 rings (SSSR count). The number of rotatable bonds is 8. The predicted octanol–water partition coefficient (Wildman–Crippen LogP) is 3.57. The molecule has 5 aliphatic carbocycles. The molecule has 3 atom stereocenters. The summed E-state index contributed by atoms with van der Waals surface area (Å²) in [5, 5.41) is 25.5. The molecule has 2 amide bonds. The lowest BCUT2D eigenvalue weighted by Crippen LogP contribution is -2.71. The van der Waals surface area contributed by atoms with Gasteiger partial charge in [-0.2, -0.15) is 18.3 Å². The fourth-order valence-corrected chi connectivity index (χ4v) is 7.98. The van der Waals surface area contributed by atoms with E-state index in [1.165, 1.54) is 15.6 Å². The second-order valence-corrected chi connectivity index (χ2v) is 14.0. The van der Waals surface area contributed by atoms with Crippen LogP contribution in [0.25, 0.3) is 5.78 Å². The molecule has 0 radical (unpaired) electrons. The van der Waals surface area contributed by atoms with Crippen LogP contribution in [0.4, 0.5) is 17.6 Å². The molecule has 4 heterocycles. The fourth-order valence-electron chi connectivity index (χ4n) is 7.98. The monoisotopic (exact) mass is 632 g/mol. The van der Waals surface area contributed by atoms with E-state index in [2.05, 4.69) is 25.7 Å². The average molecular weight is 633 g/mol. The summed E-state index contributed by atoms with van der Waals surface area (Å²) >= 11 is 0. The standard InChI is InChI=1S/C29H32F4N8O4/c1-14-21(39-45-38-14)23(42)37-22(20(15-2-3-15)16-4-5-16)18-10-41-25(36-18)35-17(9-34-41)19-8-28(44,29(31,32)33)6-7-40(19)24(43)26-11-27(30,12-26)13-26/h9-10,15-16,19-20,22,44H,2-8,11-13H2,1H3,(H,37,42)/t19-,22?,26?,27?,28+/m1/s1. The number of halogens is 4. The summed E-state index contributed by atoms with van der Waals surface area (Å²) in [6.45, 7) is 1.25. The van der Waals surface area contributed by atoms with Crippen LogP contribution in [0, 0.1) is 30.1 Å². The van der Waals surface area contributed by atoms with Crippen LogP contribution in [0.5, 0.6) is 0 Å². The topological polar surface area (TPSA) is 152 Å². The van der Waals surface area contributed by atoms with Crippen molar-refractivity contribution in [3.8, 4) is 0 Å². The molecule has 2 bridgehead atoms. The molecule has 45 heavy (non-hydrogen) atoms. The highest BCUT2D eigenvalue weighted by molar-refractivity contribution is 5.93. The molecular weight excluding hydrogens is 600 g/mol. The first kappa shape index (κ1) is 28.8. The van der Waals surface area contributed by atoms with Gasteiger partial charge in [-0.25, -0.2) is 23.5 Å². The first-order valence-electron chi connectivity index (χ1n) is 15.4. The molecule has 0 aromatic carbocycles. The first-order valence-corrected chi connectivity index (χ1v) is 15.4. The Labute approximate surface area is 253 Å². The van der Waals surface area contributed by atoms with E-state index < -0.39 is 59.6 Å². The number of fused-ring (bicyclic) bond motifs is 1. The van der Waals surface area contributed by atoms with Gasteiger partial charge in [0, 0.05) is 19.4 Å². The zero-order valence-corrected chi connectivity index (χ0v) is 24.4. The van der Waals surface area contributed by atoms with E-state index in [1.54, 1.807) is 13.1 Å². The largest absolute Gasteiger partial charge is 0.417 e. The van der Waals surface area contributed by atoms with E-state index >= 15 is 0 Å². The van der Waals surface area contributed by atoms with E-state index in [4.69, 9.17) is 9.61 Å². The van der Waals surface area contributed by atoms with E-state index in [9.17, 15) is 32.3 Å². The van der Waals surface area contributed by atoms with Gasteiger partial charge in [0.1, 0.15) is 11.4 Å². The Kier molecular flexibility index (Phi) is 6.02. The van der Waals surface area contributed by atoms with E-state index in [1.807, 2.05) is 0 Å². The van der Waals surface area contributed by atoms with Crippen LogP contribution >= 0.6 is 0 Å². The van der Waals surface area contributed by atoms with E-state index in [0.29, 0.717) is 23.2 Å². The Morgan fingerprint density at radius 1 is 1.11 bits per heavy atom. The molecular formula is C29H32F4N8O4. The van der Waals surface area contributed by atoms with Gasteiger partial charge in [0.25, 0.3) is 11.7 Å². The number of amides is 2. The number of carbonyl (C=O) groups is 2. The summed E-state index contributed by atoms with van der Waals surface area (Å²) in [7, 11) is 0. The van der Waals surface area contributed by atoms with Crippen molar-refractivity contribution in [2.75, 3.05) is 6.54 Å². The quantitative estimate of drug-likeness (QED) is 0.355. The van der Waals surface area contributed by atoms with Gasteiger partial charge in [-0.05, 0) is 74.8 Å². The minimum atomic E-state index is -4.93. The van der Waals surface area contributed by atoms with E-state index in [-0.39, 0.29) is 48.9 Å². The predicted molar refractivity (Wildman–Crippen MR) is 144 cm³/mol. The molecule has 3 aromatic rings. The Morgan fingerprint density at radius 2 is 1.80 bits per heavy atom. The number of piperidine rings is 1. The van der Waals surface area contributed by atoms with Crippen molar-refractivity contribution >= 4 is 17.6 Å². The van der Waals surface area contributed by atoms with Crippen molar-refractivity contribution in [2.45, 2.75) is 94.2 Å². The number of hydrogen-bond donors (Lipinski definition) is 2. The normalized spacial score (nSPS) is 31.9. The molecule has 3 aromatic heterocycles. The third-order valence-electron chi connectivity index (χ3n) is 10.6. The summed E-state index contributed by atoms with van der Waals surface area (Å²) < 4.78 is 62.4. The molecule has 5 saturated carbocycles. The van der Waals surface area contributed by atoms with Gasteiger partial charge in [0.2, 0.25) is 5.91 Å². The van der Waals surface area contributed by atoms with Crippen LogP contribution < -0.4 is 5.32 Å². The van der Waals surface area contributed by atoms with Gasteiger partial charge in [-0.3, -0.25) is 9.59 Å². The zero-order valence-electron chi connectivity index (χ0n) is 24.4. The summed E-state index contributed by atoms with van der Waals surface area (Å²) in [5.41, 5.74) is -4.38. The smallest absolute Gasteiger partial charge is 0.380 e. The summed E-state index contributed by atoms with van der Waals surface area (Å²) in [4.78, 5) is 37.4. The minimum absolute atomic E-state index is 0.0442. The molecule has 6 fully saturated rings. The van der Waals surface area contributed by atoms with Crippen molar-refractivity contribution in [3.63, 3.8) is 0 Å². The lowest BCUT2D eigenvalue weighted by Gasteiger charge is -2.65. The Morgan fingerprint density at radius 3 is 2.38 bits per heavy atom. The minimum Gasteiger partial charge on any atom is -0.380 e. The molecule has 2 N–H and O–H groups in total. The van der Waals surface area contributed by atoms with Crippen LogP contribution in [0.2, 0.25) is 0 Å². The summed E-state index contributed by atoms with van der Waals surface area (Å²) in [6.07, 6.45) is 0.770. The van der Waals surface area contributed by atoms with Crippen LogP contribution in [0.15, 0.2) is 17.0 Å². The van der Waals surface area contributed by atoms with Crippen molar-refractivity contribution in [1.82, 2.24) is 40.1 Å². The molecule has 12 nitrogen and oxygen atoms in total. The number of nitrogens with one attached hydrogen (secondary N) is 1. The number of alkyl halides is 4. The first-order chi connectivity index (χ1) is 21.3. The van der Waals surface area contributed by atoms with Gasteiger partial charge in [0.15, 0.2) is 11.3 Å². The molecule has 1 aliphatic heterocycles. The zero-order chi connectivity index (χ0) is 31.5. The van der Waals surface area contributed by atoms with Gasteiger partial charge >= 0.3 is 6.18 Å². The maximum Gasteiger partial charge on any atom is 0.417 e. The third-order valence-corrected chi connectivity index (χ3v) is 10.6. The number of nitrogens with zero attached hydrogens (tertiary/aromatic N) is 7. The van der Waals surface area contributed by atoms with Crippen molar-refractivity contribution in [3.05, 3.63) is 35.2 Å². The summed E-state index contributed by atoms with van der Waals surface area (Å²) in [5.74, 6) is 0.117. The Balaban J connectivity index is 1.14. The second-order valence-electron chi connectivity index (χ2n) is 14.0. The fraction of sp³-hybridized carbons (Fsp3) is 0.690. The highest BCUT2D eigenvalue weighted by Crippen LogP contribution is 2.70. The third kappa shape index (κ3) is 4.61. The molecule has 240 valence electrons. The lowest BCUT2D eigenvalue weighted by molar-refractivity contribution is -0.280. The van der Waals surface area contributed by atoms with E-state index in [0.717, 1.165) is 25.7 Å². The summed E-state index contributed by atoms with van der Waals surface area (Å²) in [6, 6.07) is -1.76. The maximum absolute atomic E-state index is 14.3. The number of likely N-dealkylation sites (tertiary alicyclic amines) is 1. The van der Waals surface area contributed by atoms with Crippen LogP contribution in [-0.4, -0.2) is 75.7 Å². The molecule has 1 unspecified atom stereocenters. The van der Waals surface area contributed by atoms with Gasteiger partial charge < -0.3 is 15.3 Å². The Hall–Kier alpha value is -3.69. The molecule has 16 heteroatoms. The van der Waals surface area contributed by atoms with Crippen molar-refractivity contribution in [1.29, 1.82) is 0 Å². The second kappa shape index (κ2) is 9.42. The van der Waals surface area contributed by atoms with Gasteiger partial charge in [0.05, 0.1) is 41.3 Å². The van der Waals surface area contributed by atoms with Crippen LogP contribution in [0.1, 0.15) is 97.4 Å². The number of imidazole rings is 1. The Bertz CT molecular complexity index is 1670. The number of aromatic nitrogens is 6. The molecule has 1 saturated heterocycles. The number of carbonyl (C=O) groups excluding carboxylic acids is 2. The number of hydrogen-bond acceptors (Lipinski definition) is 9. The van der Waals surface area contributed by atoms with Crippen LogP contribution in [0.3, 0.4) is 0 Å². The SMILES string of the molecule is Cc1nonc1C(=O)NC(c1cn2ncc([C@H]3C[C@](O)(C(F)(F)F)CCN3C(=O)C34CC(F)(C3)C4)nc2n1)C(C1CC1)C1CC1. The number of aryl methyl sites for hydroxylation is 1. The number of aliphatic hydroxyl groups is 1. The molecule has 0 spiro atoms. The lowest BCUT2D eigenvalue weighted by atomic mass is 9.41. The maximum atomic E-state index is 14.3. The molecule has 6 aliphatic rings. The highest BCUT2D eigenvalue weighted by Gasteiger charge is 2.74. The highest BCUT2D eigenvalue weighted by atomic mass is 19.4. The van der Waals surface area contributed by atoms with Crippen LogP contribution in [-0.2, 0) is 4.79 Å². The van der Waals surface area contributed by atoms with Gasteiger partial charge in [-0.15, -0.1) is 0 Å². The van der Waals surface area contributed by atoms with Crippen molar-refractivity contribution < 1.29 is 36.9 Å². The van der Waals surface area contributed by atoms with Gasteiger partial charge in [-0.1, -0.05) is 5.16 Å². The average Bonchev–Trinajstić information content (AvgIpc) is 3.89.